The highest BCUT2D eigenvalue weighted by atomic mass is 16.5. The van der Waals surface area contributed by atoms with Gasteiger partial charge in [0, 0.05) is 17.8 Å². The van der Waals surface area contributed by atoms with Crippen LogP contribution in [0.2, 0.25) is 0 Å². The predicted octanol–water partition coefficient (Wildman–Crippen LogP) is 3.60. The van der Waals surface area contributed by atoms with Crippen molar-refractivity contribution in [3.8, 4) is 5.75 Å². The van der Waals surface area contributed by atoms with Crippen LogP contribution in [0.4, 0.5) is 16.2 Å². The smallest absolute Gasteiger partial charge is 0.329 e. The number of fused-ring (bicyclic) bond motifs is 1. The SMILES string of the molecule is CCOc1ccc(N2C(=O)Nc3ccccc3[C@]2(O)C(=O)NCc2ccccc2)cc1. The van der Waals surface area contributed by atoms with Crippen molar-refractivity contribution < 1.29 is 19.4 Å². The van der Waals surface area contributed by atoms with Crippen LogP contribution in [0.3, 0.4) is 0 Å². The van der Waals surface area contributed by atoms with Gasteiger partial charge in [-0.15, -0.1) is 0 Å². The molecule has 0 bridgehead atoms. The van der Waals surface area contributed by atoms with Gasteiger partial charge >= 0.3 is 6.03 Å². The summed E-state index contributed by atoms with van der Waals surface area (Å²) in [7, 11) is 0. The number of benzene rings is 3. The number of para-hydroxylation sites is 1. The maximum Gasteiger partial charge on any atom is 0.329 e. The summed E-state index contributed by atoms with van der Waals surface area (Å²) in [4.78, 5) is 27.4. The van der Waals surface area contributed by atoms with E-state index in [4.69, 9.17) is 4.74 Å². The van der Waals surface area contributed by atoms with Crippen molar-refractivity contribution in [3.05, 3.63) is 90.0 Å². The first-order chi connectivity index (χ1) is 15.0. The molecule has 3 aromatic rings. The Morgan fingerprint density at radius 3 is 2.42 bits per heavy atom. The van der Waals surface area contributed by atoms with Crippen LogP contribution in [0.25, 0.3) is 0 Å². The number of hydrogen-bond donors (Lipinski definition) is 3. The Hall–Kier alpha value is -3.84. The van der Waals surface area contributed by atoms with Crippen molar-refractivity contribution in [1.82, 2.24) is 5.32 Å². The van der Waals surface area contributed by atoms with E-state index in [2.05, 4.69) is 10.6 Å². The number of carbonyl (C=O) groups excluding carboxylic acids is 2. The maximum absolute atomic E-state index is 13.3. The van der Waals surface area contributed by atoms with Gasteiger partial charge in [-0.1, -0.05) is 48.5 Å². The molecule has 0 spiro atoms. The summed E-state index contributed by atoms with van der Waals surface area (Å²) < 4.78 is 5.46. The highest BCUT2D eigenvalue weighted by Crippen LogP contribution is 2.40. The minimum atomic E-state index is -2.24. The van der Waals surface area contributed by atoms with Crippen molar-refractivity contribution in [3.63, 3.8) is 0 Å². The van der Waals surface area contributed by atoms with Crippen LogP contribution < -0.4 is 20.3 Å². The summed E-state index contributed by atoms with van der Waals surface area (Å²) in [5.74, 6) is -0.0753. The van der Waals surface area contributed by atoms with Gasteiger partial charge in [-0.3, -0.25) is 9.69 Å². The third-order valence-corrected chi connectivity index (χ3v) is 5.09. The Balaban J connectivity index is 1.73. The lowest BCUT2D eigenvalue weighted by molar-refractivity contribution is -0.140. The molecule has 0 saturated carbocycles. The summed E-state index contributed by atoms with van der Waals surface area (Å²) in [6, 6.07) is 22.1. The molecule has 7 heteroatoms. The molecule has 158 valence electrons. The number of rotatable bonds is 6. The summed E-state index contributed by atoms with van der Waals surface area (Å²) in [5, 5.41) is 17.3. The quantitative estimate of drug-likeness (QED) is 0.572. The molecular formula is C24H23N3O4. The zero-order valence-electron chi connectivity index (χ0n) is 17.0. The van der Waals surface area contributed by atoms with Crippen LogP contribution in [-0.4, -0.2) is 23.7 Å². The molecule has 1 aliphatic rings. The third kappa shape index (κ3) is 3.83. The zero-order valence-corrected chi connectivity index (χ0v) is 17.0. The fourth-order valence-electron chi connectivity index (χ4n) is 3.62. The average molecular weight is 417 g/mol. The summed E-state index contributed by atoms with van der Waals surface area (Å²) in [6.07, 6.45) is 0. The van der Waals surface area contributed by atoms with Gasteiger partial charge in [-0.2, -0.15) is 0 Å². The predicted molar refractivity (Wildman–Crippen MR) is 118 cm³/mol. The number of ether oxygens (including phenoxy) is 1. The molecule has 1 atom stereocenters. The van der Waals surface area contributed by atoms with E-state index in [1.54, 1.807) is 48.5 Å². The van der Waals surface area contributed by atoms with Crippen LogP contribution >= 0.6 is 0 Å². The number of nitrogens with one attached hydrogen (secondary N) is 2. The second-order valence-electron chi connectivity index (χ2n) is 7.08. The number of carbonyl (C=O) groups is 2. The standard InChI is InChI=1S/C24H23N3O4/c1-2-31-19-14-12-18(13-15-19)27-23(29)26-21-11-7-6-10-20(21)24(27,30)22(28)25-16-17-8-4-3-5-9-17/h3-15,30H,2,16H2,1H3,(H,25,28)(H,26,29)/t24-/m0/s1. The molecule has 31 heavy (non-hydrogen) atoms. The molecule has 3 amide bonds. The van der Waals surface area contributed by atoms with Gasteiger partial charge in [-0.05, 0) is 42.8 Å². The number of nitrogens with zero attached hydrogens (tertiary/aromatic N) is 1. The molecule has 7 nitrogen and oxygen atoms in total. The number of anilines is 2. The number of hydrogen-bond acceptors (Lipinski definition) is 4. The maximum atomic E-state index is 13.3. The second kappa shape index (κ2) is 8.49. The summed E-state index contributed by atoms with van der Waals surface area (Å²) >= 11 is 0. The Kier molecular flexibility index (Phi) is 5.60. The van der Waals surface area contributed by atoms with Gasteiger partial charge in [0.15, 0.2) is 0 Å². The fourth-order valence-corrected chi connectivity index (χ4v) is 3.62. The highest BCUT2D eigenvalue weighted by molar-refractivity contribution is 6.11. The first kappa shape index (κ1) is 20.4. The minimum absolute atomic E-state index is 0.211. The van der Waals surface area contributed by atoms with E-state index >= 15 is 0 Å². The van der Waals surface area contributed by atoms with Crippen LogP contribution in [0.15, 0.2) is 78.9 Å². The first-order valence-corrected chi connectivity index (χ1v) is 10.0. The molecule has 3 N–H and O–H groups in total. The van der Waals surface area contributed by atoms with Gasteiger partial charge in [0.1, 0.15) is 5.75 Å². The van der Waals surface area contributed by atoms with Crippen molar-refractivity contribution in [2.45, 2.75) is 19.2 Å². The number of amides is 3. The Morgan fingerprint density at radius 2 is 1.71 bits per heavy atom. The molecule has 0 fully saturated rings. The van der Waals surface area contributed by atoms with Crippen molar-refractivity contribution >= 4 is 23.3 Å². The minimum Gasteiger partial charge on any atom is -0.494 e. The third-order valence-electron chi connectivity index (χ3n) is 5.09. The summed E-state index contributed by atoms with van der Waals surface area (Å²) in [6.45, 7) is 2.59. The van der Waals surface area contributed by atoms with Crippen LogP contribution in [-0.2, 0) is 17.1 Å². The van der Waals surface area contributed by atoms with Gasteiger partial charge in [0.2, 0.25) is 0 Å². The lowest BCUT2D eigenvalue weighted by Gasteiger charge is -2.42. The average Bonchev–Trinajstić information content (AvgIpc) is 2.79. The van der Waals surface area contributed by atoms with E-state index < -0.39 is 17.7 Å². The highest BCUT2D eigenvalue weighted by Gasteiger charge is 2.51. The van der Waals surface area contributed by atoms with E-state index in [1.807, 2.05) is 37.3 Å². The fraction of sp³-hybridized carbons (Fsp3) is 0.167. The number of urea groups is 1. The van der Waals surface area contributed by atoms with Gasteiger partial charge in [-0.25, -0.2) is 4.79 Å². The zero-order chi connectivity index (χ0) is 21.8. The van der Waals surface area contributed by atoms with Crippen molar-refractivity contribution in [2.24, 2.45) is 0 Å². The van der Waals surface area contributed by atoms with E-state index in [1.165, 1.54) is 0 Å². The largest absolute Gasteiger partial charge is 0.494 e. The van der Waals surface area contributed by atoms with Crippen molar-refractivity contribution in [1.29, 1.82) is 0 Å². The molecule has 0 saturated heterocycles. The molecule has 1 aliphatic heterocycles. The van der Waals surface area contributed by atoms with E-state index in [-0.39, 0.29) is 12.1 Å². The molecule has 0 aliphatic carbocycles. The normalized spacial score (nSPS) is 17.5. The number of aliphatic hydroxyl groups is 1. The van der Waals surface area contributed by atoms with Gasteiger partial charge < -0.3 is 20.5 Å². The molecule has 1 heterocycles. The Labute approximate surface area is 180 Å². The van der Waals surface area contributed by atoms with Gasteiger partial charge in [0.25, 0.3) is 11.6 Å². The molecule has 3 aromatic carbocycles. The van der Waals surface area contributed by atoms with E-state index in [9.17, 15) is 14.7 Å². The van der Waals surface area contributed by atoms with Crippen LogP contribution in [0.1, 0.15) is 18.1 Å². The molecular weight excluding hydrogens is 394 g/mol. The second-order valence-corrected chi connectivity index (χ2v) is 7.08. The lowest BCUT2D eigenvalue weighted by atomic mass is 9.94. The van der Waals surface area contributed by atoms with E-state index in [0.29, 0.717) is 23.7 Å². The molecule has 4 rings (SSSR count). The van der Waals surface area contributed by atoms with Crippen molar-refractivity contribution in [2.75, 3.05) is 16.8 Å². The Morgan fingerprint density at radius 1 is 1.03 bits per heavy atom. The van der Waals surface area contributed by atoms with Crippen LogP contribution in [0, 0.1) is 0 Å². The Bertz CT molecular complexity index is 1090. The lowest BCUT2D eigenvalue weighted by Crippen LogP contribution is -2.62. The monoisotopic (exact) mass is 417 g/mol. The molecule has 0 unspecified atom stereocenters. The topological polar surface area (TPSA) is 90.9 Å². The molecule has 0 aromatic heterocycles. The van der Waals surface area contributed by atoms with Crippen LogP contribution in [0.5, 0.6) is 5.75 Å². The van der Waals surface area contributed by atoms with Gasteiger partial charge in [0.05, 0.1) is 12.3 Å². The molecule has 0 radical (unpaired) electrons. The van der Waals surface area contributed by atoms with E-state index in [0.717, 1.165) is 10.5 Å². The summed E-state index contributed by atoms with van der Waals surface area (Å²) in [5.41, 5.74) is -0.338. The first-order valence-electron chi connectivity index (χ1n) is 10.0.